The summed E-state index contributed by atoms with van der Waals surface area (Å²) in [5, 5.41) is 2.82. The van der Waals surface area contributed by atoms with Crippen LogP contribution < -0.4 is 5.32 Å². The Hall–Kier alpha value is -1.36. The van der Waals surface area contributed by atoms with Crippen molar-refractivity contribution in [1.29, 1.82) is 0 Å². The van der Waals surface area contributed by atoms with Gasteiger partial charge in [-0.25, -0.2) is 4.79 Å². The van der Waals surface area contributed by atoms with Crippen molar-refractivity contribution < 1.29 is 19.1 Å². The molecule has 0 atom stereocenters. The van der Waals surface area contributed by atoms with Crippen LogP contribution in [0.3, 0.4) is 0 Å². The van der Waals surface area contributed by atoms with E-state index >= 15 is 0 Å². The molecule has 1 aliphatic rings. The average molecular weight is 255 g/mol. The maximum atomic E-state index is 11.7. The highest BCUT2D eigenvalue weighted by atomic mass is 16.5. The van der Waals surface area contributed by atoms with Crippen molar-refractivity contribution in [3.8, 4) is 0 Å². The molecular formula is C13H21NO4. The molecule has 102 valence electrons. The van der Waals surface area contributed by atoms with E-state index in [2.05, 4.69) is 10.1 Å². The lowest BCUT2D eigenvalue weighted by Crippen LogP contribution is -2.33. The molecule has 0 aliphatic carbocycles. The lowest BCUT2D eigenvalue weighted by molar-refractivity contribution is -0.134. The molecule has 5 nitrogen and oxygen atoms in total. The fourth-order valence-electron chi connectivity index (χ4n) is 1.74. The highest BCUT2D eigenvalue weighted by Crippen LogP contribution is 2.22. The first kappa shape index (κ1) is 14.7. The second-order valence-corrected chi connectivity index (χ2v) is 4.65. The van der Waals surface area contributed by atoms with E-state index in [1.165, 1.54) is 13.2 Å². The number of carbonyl (C=O) groups is 2. The fraction of sp³-hybridized carbons (Fsp3) is 0.692. The molecule has 0 radical (unpaired) electrons. The summed E-state index contributed by atoms with van der Waals surface area (Å²) in [5.74, 6) is -0.497. The van der Waals surface area contributed by atoms with Crippen molar-refractivity contribution >= 4 is 11.9 Å². The Labute approximate surface area is 108 Å². The molecule has 0 spiro atoms. The first-order valence-corrected chi connectivity index (χ1v) is 6.22. The third kappa shape index (κ3) is 4.49. The van der Waals surface area contributed by atoms with Gasteiger partial charge in [0.2, 0.25) is 5.91 Å². The molecule has 0 aromatic rings. The van der Waals surface area contributed by atoms with E-state index in [-0.39, 0.29) is 17.7 Å². The van der Waals surface area contributed by atoms with Crippen LogP contribution in [0.1, 0.15) is 26.7 Å². The van der Waals surface area contributed by atoms with Crippen LogP contribution in [0.25, 0.3) is 0 Å². The zero-order chi connectivity index (χ0) is 13.5. The van der Waals surface area contributed by atoms with Crippen molar-refractivity contribution in [3.63, 3.8) is 0 Å². The minimum atomic E-state index is -0.444. The minimum Gasteiger partial charge on any atom is -0.466 e. The summed E-state index contributed by atoms with van der Waals surface area (Å²) in [6.45, 7) is 4.94. The SMILES string of the molecule is COC(=O)C=C(NC(=O)C(C)C)C1CCOCC1. The van der Waals surface area contributed by atoms with Crippen molar-refractivity contribution in [2.24, 2.45) is 11.8 Å². The minimum absolute atomic E-state index is 0.0864. The number of amides is 1. The van der Waals surface area contributed by atoms with E-state index < -0.39 is 5.97 Å². The van der Waals surface area contributed by atoms with Gasteiger partial charge in [-0.1, -0.05) is 13.8 Å². The van der Waals surface area contributed by atoms with Gasteiger partial charge in [0.05, 0.1) is 7.11 Å². The summed E-state index contributed by atoms with van der Waals surface area (Å²) < 4.78 is 9.89. The van der Waals surface area contributed by atoms with Crippen LogP contribution in [0, 0.1) is 11.8 Å². The van der Waals surface area contributed by atoms with Crippen LogP contribution >= 0.6 is 0 Å². The number of allylic oxidation sites excluding steroid dienone is 1. The van der Waals surface area contributed by atoms with Crippen molar-refractivity contribution in [1.82, 2.24) is 5.32 Å². The van der Waals surface area contributed by atoms with Gasteiger partial charge < -0.3 is 14.8 Å². The van der Waals surface area contributed by atoms with E-state index in [1.54, 1.807) is 0 Å². The molecular weight excluding hydrogens is 234 g/mol. The second kappa shape index (κ2) is 7.16. The van der Waals surface area contributed by atoms with Crippen LogP contribution in [0.15, 0.2) is 11.8 Å². The zero-order valence-electron chi connectivity index (χ0n) is 11.2. The molecule has 0 unspecified atom stereocenters. The molecule has 1 aliphatic heterocycles. The molecule has 0 aromatic heterocycles. The van der Waals surface area contributed by atoms with Gasteiger partial charge in [-0.3, -0.25) is 4.79 Å². The number of nitrogens with one attached hydrogen (secondary N) is 1. The molecule has 1 amide bonds. The van der Waals surface area contributed by atoms with Gasteiger partial charge >= 0.3 is 5.97 Å². The highest BCUT2D eigenvalue weighted by molar-refractivity contribution is 5.85. The van der Waals surface area contributed by atoms with E-state index in [0.29, 0.717) is 18.9 Å². The van der Waals surface area contributed by atoms with Crippen molar-refractivity contribution in [2.45, 2.75) is 26.7 Å². The Morgan fingerprint density at radius 3 is 2.44 bits per heavy atom. The normalized spacial score (nSPS) is 17.7. The molecule has 0 bridgehead atoms. The number of hydrogen-bond acceptors (Lipinski definition) is 4. The number of hydrogen-bond donors (Lipinski definition) is 1. The third-order valence-corrected chi connectivity index (χ3v) is 2.93. The van der Waals surface area contributed by atoms with Crippen LogP contribution in [0.5, 0.6) is 0 Å². The average Bonchev–Trinajstić information content (AvgIpc) is 2.38. The molecule has 1 N–H and O–H groups in total. The van der Waals surface area contributed by atoms with Gasteiger partial charge in [0.25, 0.3) is 0 Å². The number of rotatable bonds is 4. The standard InChI is InChI=1S/C13H21NO4/c1-9(2)13(16)14-11(8-12(15)17-3)10-4-6-18-7-5-10/h8-10H,4-7H2,1-3H3,(H,14,16). The van der Waals surface area contributed by atoms with Crippen LogP contribution in [-0.2, 0) is 19.1 Å². The number of ether oxygens (including phenoxy) is 2. The molecule has 1 rings (SSSR count). The van der Waals surface area contributed by atoms with Crippen molar-refractivity contribution in [2.75, 3.05) is 20.3 Å². The number of carbonyl (C=O) groups excluding carboxylic acids is 2. The summed E-state index contributed by atoms with van der Waals surface area (Å²) >= 11 is 0. The summed E-state index contributed by atoms with van der Waals surface area (Å²) in [6.07, 6.45) is 2.98. The van der Waals surface area contributed by atoms with Gasteiger partial charge in [-0.05, 0) is 12.8 Å². The second-order valence-electron chi connectivity index (χ2n) is 4.65. The summed E-state index contributed by atoms with van der Waals surface area (Å²) in [6, 6.07) is 0. The maximum Gasteiger partial charge on any atom is 0.332 e. The van der Waals surface area contributed by atoms with E-state index in [4.69, 9.17) is 4.74 Å². The van der Waals surface area contributed by atoms with E-state index in [9.17, 15) is 9.59 Å². The predicted molar refractivity (Wildman–Crippen MR) is 66.6 cm³/mol. The Morgan fingerprint density at radius 2 is 1.94 bits per heavy atom. The lowest BCUT2D eigenvalue weighted by atomic mass is 9.95. The topological polar surface area (TPSA) is 64.6 Å². The molecule has 0 saturated carbocycles. The van der Waals surface area contributed by atoms with Gasteiger partial charge in [0.1, 0.15) is 0 Å². The summed E-state index contributed by atoms with van der Waals surface area (Å²) in [4.78, 5) is 23.1. The van der Waals surface area contributed by atoms with E-state index in [1.807, 2.05) is 13.8 Å². The fourth-order valence-corrected chi connectivity index (χ4v) is 1.74. The largest absolute Gasteiger partial charge is 0.466 e. The Bertz CT molecular complexity index is 330. The first-order chi connectivity index (χ1) is 8.54. The van der Waals surface area contributed by atoms with Gasteiger partial charge in [-0.2, -0.15) is 0 Å². The molecule has 0 aromatic carbocycles. The molecule has 5 heteroatoms. The third-order valence-electron chi connectivity index (χ3n) is 2.93. The zero-order valence-corrected chi connectivity index (χ0v) is 11.2. The Morgan fingerprint density at radius 1 is 1.33 bits per heavy atom. The summed E-state index contributed by atoms with van der Waals surface area (Å²) in [5.41, 5.74) is 0.642. The predicted octanol–water partition coefficient (Wildman–Crippen LogP) is 1.24. The van der Waals surface area contributed by atoms with E-state index in [0.717, 1.165) is 12.8 Å². The van der Waals surface area contributed by atoms with Gasteiger partial charge in [0, 0.05) is 36.8 Å². The molecule has 1 saturated heterocycles. The van der Waals surface area contributed by atoms with Crippen LogP contribution in [0.4, 0.5) is 0 Å². The van der Waals surface area contributed by atoms with Crippen LogP contribution in [0.2, 0.25) is 0 Å². The van der Waals surface area contributed by atoms with Crippen molar-refractivity contribution in [3.05, 3.63) is 11.8 Å². The van der Waals surface area contributed by atoms with Gasteiger partial charge in [-0.15, -0.1) is 0 Å². The van der Waals surface area contributed by atoms with Crippen LogP contribution in [-0.4, -0.2) is 32.2 Å². The molecule has 18 heavy (non-hydrogen) atoms. The monoisotopic (exact) mass is 255 g/mol. The first-order valence-electron chi connectivity index (χ1n) is 6.22. The quantitative estimate of drug-likeness (QED) is 0.606. The number of esters is 1. The smallest absolute Gasteiger partial charge is 0.332 e. The lowest BCUT2D eigenvalue weighted by Gasteiger charge is -2.25. The Kier molecular flexibility index (Phi) is 5.85. The maximum absolute atomic E-state index is 11.7. The molecule has 1 heterocycles. The number of methoxy groups -OCH3 is 1. The Balaban J connectivity index is 2.77. The highest BCUT2D eigenvalue weighted by Gasteiger charge is 2.21. The molecule has 1 fully saturated rings. The summed E-state index contributed by atoms with van der Waals surface area (Å²) in [7, 11) is 1.32. The van der Waals surface area contributed by atoms with Gasteiger partial charge in [0.15, 0.2) is 0 Å².